The Bertz CT molecular complexity index is 1780. The molecular formula is C36H48N6O7S. The lowest BCUT2D eigenvalue weighted by molar-refractivity contribution is -0.157. The minimum atomic E-state index is -3.45. The van der Waals surface area contributed by atoms with E-state index in [-0.39, 0.29) is 49.4 Å². The fraction of sp³-hybridized carbons (Fsp3) is 0.583. The largest absolute Gasteiger partial charge is 0.455 e. The summed E-state index contributed by atoms with van der Waals surface area (Å²) in [4.78, 5) is 59.5. The van der Waals surface area contributed by atoms with E-state index in [9.17, 15) is 27.6 Å². The van der Waals surface area contributed by atoms with E-state index in [2.05, 4.69) is 16.1 Å². The first kappa shape index (κ1) is 35.9. The summed E-state index contributed by atoms with van der Waals surface area (Å²) >= 11 is 0. The zero-order valence-electron chi connectivity index (χ0n) is 29.2. The van der Waals surface area contributed by atoms with Crippen LogP contribution in [0.15, 0.2) is 36.4 Å². The summed E-state index contributed by atoms with van der Waals surface area (Å²) in [5, 5.41) is 7.97. The molecule has 270 valence electrons. The van der Waals surface area contributed by atoms with Crippen LogP contribution >= 0.6 is 0 Å². The number of sulfonamides is 1. The highest BCUT2D eigenvalue weighted by atomic mass is 32.2. The van der Waals surface area contributed by atoms with Crippen LogP contribution in [0.25, 0.3) is 17.0 Å². The minimum absolute atomic E-state index is 0.131. The Labute approximate surface area is 293 Å². The molecule has 1 spiro atoms. The maximum absolute atomic E-state index is 14.3. The van der Waals surface area contributed by atoms with Crippen molar-refractivity contribution in [2.45, 2.75) is 90.4 Å². The van der Waals surface area contributed by atoms with Gasteiger partial charge in [-0.3, -0.25) is 24.2 Å². The van der Waals surface area contributed by atoms with Crippen molar-refractivity contribution in [2.24, 2.45) is 17.3 Å². The highest BCUT2D eigenvalue weighted by Crippen LogP contribution is 2.38. The first-order chi connectivity index (χ1) is 23.7. The molecule has 3 aliphatic heterocycles. The molecule has 2 saturated heterocycles. The number of hydrogen-bond donors (Lipinski definition) is 3. The van der Waals surface area contributed by atoms with E-state index in [0.717, 1.165) is 23.8 Å². The number of carbonyl (C=O) groups excluding carboxylic acids is 4. The summed E-state index contributed by atoms with van der Waals surface area (Å²) < 4.78 is 33.6. The second-order valence-corrected chi connectivity index (χ2v) is 16.6. The SMILES string of the molecule is CC(C)[C@@H]1NC(=O)C2(/C=C/c3ccc4ccc(nc4c3)[C@@H](C)OC(=O)[C@@H]3CCCN(N3)C(=O)[C@H](C)NC1=O)CCN(S(=O)(=O)CC1CC1)CC2. The second kappa shape index (κ2) is 14.4. The summed E-state index contributed by atoms with van der Waals surface area (Å²) in [6.07, 6.45) is 6.37. The van der Waals surface area contributed by atoms with E-state index < -0.39 is 57.5 Å². The molecule has 6 rings (SSSR count). The summed E-state index contributed by atoms with van der Waals surface area (Å²) in [5.41, 5.74) is 3.91. The molecule has 4 heterocycles. The number of rotatable bonds is 4. The lowest BCUT2D eigenvalue weighted by atomic mass is 9.77. The van der Waals surface area contributed by atoms with Crippen LogP contribution in [-0.2, 0) is 33.9 Å². The molecule has 4 atom stereocenters. The van der Waals surface area contributed by atoms with Crippen LogP contribution in [-0.4, -0.2) is 89.9 Å². The number of fused-ring (bicyclic) bond motifs is 4. The summed E-state index contributed by atoms with van der Waals surface area (Å²) in [5.74, 6) is -1.80. The van der Waals surface area contributed by atoms with Crippen molar-refractivity contribution in [1.29, 1.82) is 0 Å². The molecule has 13 nitrogen and oxygen atoms in total. The molecule has 3 fully saturated rings. The number of ether oxygens (including phenoxy) is 1. The average Bonchev–Trinajstić information content (AvgIpc) is 3.91. The number of pyridine rings is 1. The monoisotopic (exact) mass is 708 g/mol. The molecular weight excluding hydrogens is 660 g/mol. The number of hydrazine groups is 1. The Morgan fingerprint density at radius 2 is 1.70 bits per heavy atom. The predicted molar refractivity (Wildman–Crippen MR) is 187 cm³/mol. The maximum Gasteiger partial charge on any atom is 0.325 e. The van der Waals surface area contributed by atoms with Crippen LogP contribution in [0.4, 0.5) is 0 Å². The fourth-order valence-corrected chi connectivity index (χ4v) is 8.79. The van der Waals surface area contributed by atoms with E-state index in [0.29, 0.717) is 30.6 Å². The Morgan fingerprint density at radius 1 is 0.980 bits per heavy atom. The smallest absolute Gasteiger partial charge is 0.325 e. The summed E-state index contributed by atoms with van der Waals surface area (Å²) in [6, 6.07) is 6.80. The van der Waals surface area contributed by atoms with Gasteiger partial charge in [0, 0.05) is 25.0 Å². The third-order valence-corrected chi connectivity index (χ3v) is 12.4. The number of nitrogens with one attached hydrogen (secondary N) is 3. The number of cyclic esters (lactones) is 1. The highest BCUT2D eigenvalue weighted by molar-refractivity contribution is 7.89. The van der Waals surface area contributed by atoms with E-state index in [1.165, 1.54) is 9.31 Å². The van der Waals surface area contributed by atoms with Crippen LogP contribution in [0.1, 0.15) is 83.6 Å². The number of aromatic nitrogens is 1. The molecule has 3 amide bonds. The van der Waals surface area contributed by atoms with Gasteiger partial charge < -0.3 is 15.4 Å². The molecule has 5 bridgehead atoms. The molecule has 14 heteroatoms. The second-order valence-electron chi connectivity index (χ2n) is 14.6. The van der Waals surface area contributed by atoms with Gasteiger partial charge >= 0.3 is 5.97 Å². The summed E-state index contributed by atoms with van der Waals surface area (Å²) in [6.45, 7) is 7.65. The standard InChI is InChI=1S/C36H48N6O7S/c1-22(2)31-32(43)37-23(3)33(44)42-17-5-6-29(40-42)34(45)49-24(4)28-12-11-27-10-9-25(20-30(27)38-28)13-14-36(35(46)39-31)15-18-41(19-16-36)50(47,48)21-26-7-8-26/h9-14,20,22-24,26,29,31,40H,5-8,15-19,21H2,1-4H3,(H,37,43)(H,39,46)/b14-13+/t23-,24+,29-,31-/m0/s1. The third kappa shape index (κ3) is 7.87. The number of carbonyl (C=O) groups is 4. The molecule has 1 saturated carbocycles. The molecule has 1 aliphatic carbocycles. The van der Waals surface area contributed by atoms with Gasteiger partial charge in [0.05, 0.1) is 22.4 Å². The number of piperidine rings is 1. The van der Waals surface area contributed by atoms with Gasteiger partial charge in [-0.05, 0) is 81.9 Å². The van der Waals surface area contributed by atoms with Gasteiger partial charge in [-0.1, -0.05) is 44.2 Å². The van der Waals surface area contributed by atoms with E-state index in [4.69, 9.17) is 9.72 Å². The molecule has 1 aromatic carbocycles. The van der Waals surface area contributed by atoms with Crippen molar-refractivity contribution < 1.29 is 32.3 Å². The number of amides is 3. The van der Waals surface area contributed by atoms with Gasteiger partial charge in [-0.25, -0.2) is 23.1 Å². The Kier molecular flexibility index (Phi) is 10.3. The predicted octanol–water partition coefficient (Wildman–Crippen LogP) is 2.83. The first-order valence-corrected chi connectivity index (χ1v) is 19.3. The lowest BCUT2D eigenvalue weighted by Gasteiger charge is -2.39. The number of benzene rings is 1. The van der Waals surface area contributed by atoms with Gasteiger partial charge in [0.15, 0.2) is 0 Å². The van der Waals surface area contributed by atoms with Crippen LogP contribution in [0, 0.1) is 17.3 Å². The zero-order valence-corrected chi connectivity index (χ0v) is 30.0. The van der Waals surface area contributed by atoms with Crippen LogP contribution in [0.3, 0.4) is 0 Å². The number of esters is 1. The molecule has 0 radical (unpaired) electrons. The van der Waals surface area contributed by atoms with Gasteiger partial charge in [0.25, 0.3) is 5.91 Å². The van der Waals surface area contributed by atoms with Crippen molar-refractivity contribution in [1.82, 2.24) is 30.4 Å². The van der Waals surface area contributed by atoms with Crippen LogP contribution in [0.2, 0.25) is 0 Å². The van der Waals surface area contributed by atoms with Crippen molar-refractivity contribution in [2.75, 3.05) is 25.4 Å². The van der Waals surface area contributed by atoms with E-state index in [1.54, 1.807) is 13.8 Å². The number of nitrogens with zero attached hydrogens (tertiary/aromatic N) is 3. The van der Waals surface area contributed by atoms with Gasteiger partial charge in [0.1, 0.15) is 24.2 Å². The maximum atomic E-state index is 14.3. The van der Waals surface area contributed by atoms with Gasteiger partial charge in [-0.15, -0.1) is 0 Å². The molecule has 2 aromatic rings. The van der Waals surface area contributed by atoms with Crippen LogP contribution in [0.5, 0.6) is 0 Å². The van der Waals surface area contributed by atoms with Crippen molar-refractivity contribution >= 4 is 50.7 Å². The van der Waals surface area contributed by atoms with Crippen molar-refractivity contribution in [3.63, 3.8) is 0 Å². The lowest BCUT2D eigenvalue weighted by Crippen LogP contribution is -2.61. The summed E-state index contributed by atoms with van der Waals surface area (Å²) in [7, 11) is -3.45. The third-order valence-electron chi connectivity index (χ3n) is 10.3. The van der Waals surface area contributed by atoms with Crippen molar-refractivity contribution in [3.05, 3.63) is 47.7 Å². The molecule has 3 N–H and O–H groups in total. The molecule has 1 aromatic heterocycles. The van der Waals surface area contributed by atoms with Crippen molar-refractivity contribution in [3.8, 4) is 0 Å². The van der Waals surface area contributed by atoms with Crippen LogP contribution < -0.4 is 16.1 Å². The first-order valence-electron chi connectivity index (χ1n) is 17.7. The molecule has 0 unspecified atom stereocenters. The Balaban J connectivity index is 1.35. The molecule has 50 heavy (non-hydrogen) atoms. The quantitative estimate of drug-likeness (QED) is 0.405. The van der Waals surface area contributed by atoms with Gasteiger partial charge in [-0.2, -0.15) is 0 Å². The Hall–Kier alpha value is -3.88. The Morgan fingerprint density at radius 3 is 2.40 bits per heavy atom. The number of hydrogen-bond acceptors (Lipinski definition) is 9. The minimum Gasteiger partial charge on any atom is -0.455 e. The topological polar surface area (TPSA) is 167 Å². The highest BCUT2D eigenvalue weighted by Gasteiger charge is 2.44. The average molecular weight is 709 g/mol. The van der Waals surface area contributed by atoms with E-state index in [1.807, 2.05) is 56.3 Å². The normalized spacial score (nSPS) is 28.0. The fourth-order valence-electron chi connectivity index (χ4n) is 6.91. The molecule has 4 aliphatic rings. The van der Waals surface area contributed by atoms with E-state index >= 15 is 0 Å². The zero-order chi connectivity index (χ0) is 35.8. The van der Waals surface area contributed by atoms with Gasteiger partial charge in [0.2, 0.25) is 21.8 Å².